The van der Waals surface area contributed by atoms with E-state index in [4.69, 9.17) is 4.74 Å². The minimum Gasteiger partial charge on any atom is -0.477 e. The zero-order valence-electron chi connectivity index (χ0n) is 15.7. The summed E-state index contributed by atoms with van der Waals surface area (Å²) in [6, 6.07) is 5.89. The maximum absolute atomic E-state index is 12.2. The quantitative estimate of drug-likeness (QED) is 0.450. The second-order valence-electron chi connectivity index (χ2n) is 6.86. The van der Waals surface area contributed by atoms with Crippen LogP contribution in [-0.4, -0.2) is 33.1 Å². The van der Waals surface area contributed by atoms with Crippen LogP contribution in [0.2, 0.25) is 0 Å². The Morgan fingerprint density at radius 2 is 1.85 bits per heavy atom. The van der Waals surface area contributed by atoms with Crippen molar-refractivity contribution in [3.05, 3.63) is 51.8 Å². The first-order valence-electron chi connectivity index (χ1n) is 8.43. The number of benzene rings is 1. The number of hydrogen-bond donors (Lipinski definition) is 1. The van der Waals surface area contributed by atoms with E-state index in [1.54, 1.807) is 46.0 Å². The normalized spacial score (nSPS) is 11.3. The third-order valence-electron chi connectivity index (χ3n) is 4.32. The third-order valence-corrected chi connectivity index (χ3v) is 4.32. The topological polar surface area (TPSA) is 112 Å². The van der Waals surface area contributed by atoms with E-state index >= 15 is 0 Å². The molecule has 0 saturated heterocycles. The van der Waals surface area contributed by atoms with Gasteiger partial charge in [-0.2, -0.15) is 0 Å². The molecule has 0 saturated carbocycles. The SMILES string of the molecule is CCOC(=O)C(C)(C)Cn1cc(-c2ccc([N+](=O)[O-])cc2)c(C)c1C(=O)O. The maximum Gasteiger partial charge on any atom is 0.352 e. The summed E-state index contributed by atoms with van der Waals surface area (Å²) >= 11 is 0. The van der Waals surface area contributed by atoms with Crippen LogP contribution in [0.4, 0.5) is 5.69 Å². The Balaban J connectivity index is 2.48. The van der Waals surface area contributed by atoms with Crippen LogP contribution in [0.1, 0.15) is 36.8 Å². The first-order chi connectivity index (χ1) is 12.6. The van der Waals surface area contributed by atoms with Crippen molar-refractivity contribution in [2.75, 3.05) is 6.61 Å². The van der Waals surface area contributed by atoms with E-state index in [1.165, 1.54) is 16.7 Å². The van der Waals surface area contributed by atoms with Crippen LogP contribution in [0.3, 0.4) is 0 Å². The summed E-state index contributed by atoms with van der Waals surface area (Å²) in [5.41, 5.74) is 0.933. The summed E-state index contributed by atoms with van der Waals surface area (Å²) in [6.45, 7) is 7.14. The number of ether oxygens (including phenoxy) is 1. The number of rotatable bonds is 7. The number of carbonyl (C=O) groups excluding carboxylic acids is 1. The minimum atomic E-state index is -1.11. The molecular weight excluding hydrogens is 352 g/mol. The Hall–Kier alpha value is -3.16. The minimum absolute atomic E-state index is 0.0438. The van der Waals surface area contributed by atoms with Crippen molar-refractivity contribution < 1.29 is 24.4 Å². The van der Waals surface area contributed by atoms with Crippen LogP contribution in [0.25, 0.3) is 11.1 Å². The summed E-state index contributed by atoms with van der Waals surface area (Å²) < 4.78 is 6.59. The molecule has 2 rings (SSSR count). The van der Waals surface area contributed by atoms with E-state index in [0.717, 1.165) is 0 Å². The summed E-state index contributed by atoms with van der Waals surface area (Å²) in [5, 5.41) is 20.5. The van der Waals surface area contributed by atoms with Gasteiger partial charge in [-0.15, -0.1) is 0 Å². The van der Waals surface area contributed by atoms with Crippen molar-refractivity contribution in [3.63, 3.8) is 0 Å². The van der Waals surface area contributed by atoms with Crippen LogP contribution < -0.4 is 0 Å². The Morgan fingerprint density at radius 1 is 1.26 bits per heavy atom. The molecule has 27 heavy (non-hydrogen) atoms. The molecule has 0 amide bonds. The van der Waals surface area contributed by atoms with E-state index in [0.29, 0.717) is 16.7 Å². The van der Waals surface area contributed by atoms with Crippen LogP contribution in [0.5, 0.6) is 0 Å². The number of non-ortho nitro benzene ring substituents is 1. The van der Waals surface area contributed by atoms with Gasteiger partial charge in [0.05, 0.1) is 16.9 Å². The van der Waals surface area contributed by atoms with Crippen LogP contribution in [-0.2, 0) is 16.1 Å². The number of nitro benzene ring substituents is 1. The molecule has 0 aliphatic rings. The van der Waals surface area contributed by atoms with Crippen molar-refractivity contribution in [1.29, 1.82) is 0 Å². The molecule has 2 aromatic rings. The first-order valence-corrected chi connectivity index (χ1v) is 8.43. The summed E-state index contributed by atoms with van der Waals surface area (Å²) in [6.07, 6.45) is 1.65. The Bertz CT molecular complexity index is 880. The van der Waals surface area contributed by atoms with E-state index < -0.39 is 22.3 Å². The fraction of sp³-hybridized carbons (Fsp3) is 0.368. The predicted octanol–water partition coefficient (Wildman–Crippen LogP) is 3.66. The van der Waals surface area contributed by atoms with Crippen molar-refractivity contribution in [3.8, 4) is 11.1 Å². The van der Waals surface area contributed by atoms with E-state index in [9.17, 15) is 24.8 Å². The largest absolute Gasteiger partial charge is 0.477 e. The molecule has 0 aliphatic heterocycles. The fourth-order valence-electron chi connectivity index (χ4n) is 2.94. The van der Waals surface area contributed by atoms with Crippen molar-refractivity contribution >= 4 is 17.6 Å². The van der Waals surface area contributed by atoms with Gasteiger partial charge in [-0.1, -0.05) is 0 Å². The van der Waals surface area contributed by atoms with Gasteiger partial charge in [0, 0.05) is 30.4 Å². The highest BCUT2D eigenvalue weighted by Crippen LogP contribution is 2.31. The highest BCUT2D eigenvalue weighted by molar-refractivity contribution is 5.91. The zero-order valence-corrected chi connectivity index (χ0v) is 15.7. The van der Waals surface area contributed by atoms with Gasteiger partial charge in [-0.05, 0) is 51.0 Å². The molecule has 8 heteroatoms. The van der Waals surface area contributed by atoms with Crippen LogP contribution in [0.15, 0.2) is 30.5 Å². The average molecular weight is 374 g/mol. The van der Waals surface area contributed by atoms with Crippen molar-refractivity contribution in [2.45, 2.75) is 34.2 Å². The number of nitrogens with zero attached hydrogens (tertiary/aromatic N) is 2. The lowest BCUT2D eigenvalue weighted by atomic mass is 9.93. The number of hydrogen-bond acceptors (Lipinski definition) is 5. The molecule has 8 nitrogen and oxygen atoms in total. The number of esters is 1. The fourth-order valence-corrected chi connectivity index (χ4v) is 2.94. The van der Waals surface area contributed by atoms with Gasteiger partial charge in [-0.25, -0.2) is 4.79 Å². The molecule has 1 aromatic carbocycles. The average Bonchev–Trinajstić information content (AvgIpc) is 2.90. The second-order valence-corrected chi connectivity index (χ2v) is 6.86. The monoisotopic (exact) mass is 374 g/mol. The van der Waals surface area contributed by atoms with E-state index in [-0.39, 0.29) is 24.5 Å². The van der Waals surface area contributed by atoms with Gasteiger partial charge >= 0.3 is 11.9 Å². The van der Waals surface area contributed by atoms with Gasteiger partial charge in [0.2, 0.25) is 0 Å². The van der Waals surface area contributed by atoms with Crippen molar-refractivity contribution in [1.82, 2.24) is 4.57 Å². The van der Waals surface area contributed by atoms with Crippen LogP contribution in [0, 0.1) is 22.5 Å². The molecular formula is C19H22N2O6. The van der Waals surface area contributed by atoms with Gasteiger partial charge in [-0.3, -0.25) is 14.9 Å². The summed E-state index contributed by atoms with van der Waals surface area (Å²) in [5.74, 6) is -1.52. The molecule has 0 aliphatic carbocycles. The lowest BCUT2D eigenvalue weighted by molar-refractivity contribution is -0.384. The third kappa shape index (κ3) is 4.16. The highest BCUT2D eigenvalue weighted by Gasteiger charge is 2.32. The number of aromatic nitrogens is 1. The molecule has 0 fully saturated rings. The number of carbonyl (C=O) groups is 2. The molecule has 1 N–H and O–H groups in total. The molecule has 1 aromatic heterocycles. The molecule has 1 heterocycles. The molecule has 0 unspecified atom stereocenters. The first kappa shape index (κ1) is 20.2. The molecule has 144 valence electrons. The van der Waals surface area contributed by atoms with Crippen LogP contribution >= 0.6 is 0 Å². The van der Waals surface area contributed by atoms with E-state index in [2.05, 4.69) is 0 Å². The smallest absolute Gasteiger partial charge is 0.352 e. The van der Waals surface area contributed by atoms with Gasteiger partial charge < -0.3 is 14.4 Å². The van der Waals surface area contributed by atoms with Gasteiger partial charge in [0.15, 0.2) is 0 Å². The number of carboxylic acid groups (broad SMARTS) is 1. The van der Waals surface area contributed by atoms with E-state index in [1.807, 2.05) is 0 Å². The maximum atomic E-state index is 12.2. The Morgan fingerprint density at radius 3 is 2.33 bits per heavy atom. The lowest BCUT2D eigenvalue weighted by Gasteiger charge is -2.23. The molecule has 0 spiro atoms. The molecule has 0 atom stereocenters. The number of nitro groups is 1. The number of aromatic carboxylic acids is 1. The summed E-state index contributed by atoms with van der Waals surface area (Å²) in [7, 11) is 0. The Kier molecular flexibility index (Phi) is 5.68. The highest BCUT2D eigenvalue weighted by atomic mass is 16.6. The standard InChI is InChI=1S/C19H22N2O6/c1-5-27-18(24)19(3,4)11-20-10-15(12(2)16(20)17(22)23)13-6-8-14(9-7-13)21(25)26/h6-10H,5,11H2,1-4H3,(H,22,23). The lowest BCUT2D eigenvalue weighted by Crippen LogP contribution is -2.32. The molecule has 0 bridgehead atoms. The zero-order chi connectivity index (χ0) is 20.4. The number of carboxylic acids is 1. The van der Waals surface area contributed by atoms with Gasteiger partial charge in [0.25, 0.3) is 5.69 Å². The van der Waals surface area contributed by atoms with Crippen molar-refractivity contribution in [2.24, 2.45) is 5.41 Å². The summed E-state index contributed by atoms with van der Waals surface area (Å²) in [4.78, 5) is 34.3. The predicted molar refractivity (Wildman–Crippen MR) is 98.6 cm³/mol. The second kappa shape index (κ2) is 7.61. The molecule has 0 radical (unpaired) electrons. The van der Waals surface area contributed by atoms with Gasteiger partial charge in [0.1, 0.15) is 5.69 Å². The Labute approximate surface area is 156 Å².